The molecule has 0 aliphatic heterocycles. The molecule has 27 heavy (non-hydrogen) atoms. The number of carbonyl (C=O) groups is 2. The average Bonchev–Trinajstić information content (AvgIpc) is 2.56. The Morgan fingerprint density at radius 1 is 1.22 bits per heavy atom. The van der Waals surface area contributed by atoms with Gasteiger partial charge in [-0.25, -0.2) is 4.79 Å². The second-order valence-corrected chi connectivity index (χ2v) is 7.42. The lowest BCUT2D eigenvalue weighted by Crippen LogP contribution is -2.45. The minimum atomic E-state index is -0.812. The average molecular weight is 391 g/mol. The van der Waals surface area contributed by atoms with Gasteiger partial charge in [-0.05, 0) is 56.7 Å². The molecule has 1 aromatic heterocycles. The van der Waals surface area contributed by atoms with E-state index in [1.165, 1.54) is 0 Å². The lowest BCUT2D eigenvalue weighted by Gasteiger charge is -2.23. The van der Waals surface area contributed by atoms with E-state index in [9.17, 15) is 9.59 Å². The van der Waals surface area contributed by atoms with Crippen molar-refractivity contribution in [3.63, 3.8) is 0 Å². The number of imide groups is 1. The first-order chi connectivity index (χ1) is 12.6. The first-order valence-corrected chi connectivity index (χ1v) is 8.76. The molecule has 0 saturated carbocycles. The van der Waals surface area contributed by atoms with Crippen molar-refractivity contribution in [2.24, 2.45) is 0 Å². The van der Waals surface area contributed by atoms with Crippen LogP contribution in [0.2, 0.25) is 5.02 Å². The molecule has 2 amide bonds. The summed E-state index contributed by atoms with van der Waals surface area (Å²) in [7, 11) is 0. The Morgan fingerprint density at radius 2 is 1.89 bits per heavy atom. The predicted molar refractivity (Wildman–Crippen MR) is 106 cm³/mol. The van der Waals surface area contributed by atoms with Gasteiger partial charge in [-0.2, -0.15) is 0 Å². The van der Waals surface area contributed by atoms with Crippen LogP contribution in [-0.2, 0) is 16.0 Å². The molecular weight excluding hydrogens is 368 g/mol. The van der Waals surface area contributed by atoms with E-state index in [0.29, 0.717) is 22.8 Å². The first-order valence-electron chi connectivity index (χ1n) is 8.38. The summed E-state index contributed by atoms with van der Waals surface area (Å²) in [5.41, 5.74) is 7.05. The highest BCUT2D eigenvalue weighted by molar-refractivity contribution is 6.31. The third-order valence-corrected chi connectivity index (χ3v) is 3.71. The minimum Gasteiger partial charge on any atom is -0.444 e. The number of hydrogen-bond acceptors (Lipinski definition) is 6. The fraction of sp³-hybridized carbons (Fsp3) is 0.316. The number of anilines is 2. The van der Waals surface area contributed by atoms with E-state index in [0.717, 1.165) is 5.56 Å². The third-order valence-electron chi connectivity index (χ3n) is 3.47. The number of amides is 2. The summed E-state index contributed by atoms with van der Waals surface area (Å²) in [6.07, 6.45) is 2.76. The van der Waals surface area contributed by atoms with E-state index < -0.39 is 23.6 Å². The van der Waals surface area contributed by atoms with Gasteiger partial charge in [0.25, 0.3) is 5.91 Å². The Kier molecular flexibility index (Phi) is 6.63. The Hall–Kier alpha value is -2.80. The van der Waals surface area contributed by atoms with Crippen LogP contribution in [0.25, 0.3) is 0 Å². The van der Waals surface area contributed by atoms with Gasteiger partial charge in [0.05, 0.1) is 11.4 Å². The van der Waals surface area contributed by atoms with Crippen LogP contribution in [0.4, 0.5) is 16.2 Å². The highest BCUT2D eigenvalue weighted by atomic mass is 35.5. The second-order valence-electron chi connectivity index (χ2n) is 6.98. The van der Waals surface area contributed by atoms with Crippen molar-refractivity contribution < 1.29 is 14.3 Å². The minimum absolute atomic E-state index is 0.309. The number of carbonyl (C=O) groups excluding carboxylic acids is 2. The van der Waals surface area contributed by atoms with Crippen LogP contribution >= 0.6 is 11.6 Å². The number of nitrogens with two attached hydrogens (primary N) is 1. The molecule has 2 aromatic rings. The molecule has 0 aliphatic carbocycles. The molecule has 2 rings (SSSR count). The standard InChI is InChI=1S/C19H23ClN4O3/c1-19(2,3)27-18(26)24-17(25)16(10-12-6-8-22-9-7-12)23-15-11-13(20)4-5-14(15)21/h4-9,11,16,23H,10,21H2,1-3H3,(H,24,25,26)/t16-/m0/s1. The summed E-state index contributed by atoms with van der Waals surface area (Å²) < 4.78 is 5.15. The zero-order valence-corrected chi connectivity index (χ0v) is 16.2. The van der Waals surface area contributed by atoms with Gasteiger partial charge in [-0.1, -0.05) is 11.6 Å². The molecule has 0 fully saturated rings. The Labute approximate surface area is 163 Å². The van der Waals surface area contributed by atoms with Crippen molar-refractivity contribution in [2.75, 3.05) is 11.1 Å². The molecule has 0 aliphatic rings. The van der Waals surface area contributed by atoms with Crippen LogP contribution in [0.1, 0.15) is 26.3 Å². The molecular formula is C19H23ClN4O3. The van der Waals surface area contributed by atoms with Crippen LogP contribution in [0, 0.1) is 0 Å². The van der Waals surface area contributed by atoms with Gasteiger partial charge in [0.2, 0.25) is 0 Å². The Bertz CT molecular complexity index is 806. The number of pyridine rings is 1. The number of rotatable bonds is 5. The summed E-state index contributed by atoms with van der Waals surface area (Å²) in [4.78, 5) is 28.6. The lowest BCUT2D eigenvalue weighted by atomic mass is 10.1. The molecule has 0 radical (unpaired) electrons. The summed E-state index contributed by atoms with van der Waals surface area (Å²) in [5, 5.41) is 5.79. The van der Waals surface area contributed by atoms with Gasteiger partial charge in [0, 0.05) is 23.8 Å². The maximum Gasteiger partial charge on any atom is 0.414 e. The summed E-state index contributed by atoms with van der Waals surface area (Å²) >= 11 is 6.02. The van der Waals surface area contributed by atoms with Crippen molar-refractivity contribution in [1.82, 2.24) is 10.3 Å². The summed E-state index contributed by atoms with van der Waals surface area (Å²) in [6, 6.07) is 7.71. The molecule has 8 heteroatoms. The van der Waals surface area contributed by atoms with Gasteiger partial charge < -0.3 is 15.8 Å². The van der Waals surface area contributed by atoms with E-state index in [1.807, 2.05) is 0 Å². The number of nitrogen functional groups attached to an aromatic ring is 1. The monoisotopic (exact) mass is 390 g/mol. The van der Waals surface area contributed by atoms with E-state index in [2.05, 4.69) is 15.6 Å². The smallest absolute Gasteiger partial charge is 0.414 e. The van der Waals surface area contributed by atoms with E-state index in [1.54, 1.807) is 63.5 Å². The molecule has 0 bridgehead atoms. The maximum atomic E-state index is 12.7. The maximum absolute atomic E-state index is 12.7. The van der Waals surface area contributed by atoms with E-state index in [4.69, 9.17) is 22.1 Å². The number of nitrogens with one attached hydrogen (secondary N) is 2. The highest BCUT2D eigenvalue weighted by Crippen LogP contribution is 2.24. The van der Waals surface area contributed by atoms with Crippen molar-refractivity contribution >= 4 is 35.0 Å². The van der Waals surface area contributed by atoms with Crippen molar-refractivity contribution in [3.8, 4) is 0 Å². The summed E-state index contributed by atoms with van der Waals surface area (Å²) in [6.45, 7) is 5.16. The highest BCUT2D eigenvalue weighted by Gasteiger charge is 2.24. The van der Waals surface area contributed by atoms with Gasteiger partial charge in [-0.15, -0.1) is 0 Å². The van der Waals surface area contributed by atoms with Crippen molar-refractivity contribution in [1.29, 1.82) is 0 Å². The van der Waals surface area contributed by atoms with Crippen LogP contribution in [0.15, 0.2) is 42.7 Å². The van der Waals surface area contributed by atoms with Gasteiger partial charge in [-0.3, -0.25) is 15.1 Å². The fourth-order valence-corrected chi connectivity index (χ4v) is 2.47. The number of alkyl carbamates (subject to hydrolysis) is 1. The van der Waals surface area contributed by atoms with Crippen LogP contribution < -0.4 is 16.4 Å². The first kappa shape index (κ1) is 20.5. The molecule has 144 valence electrons. The number of benzene rings is 1. The lowest BCUT2D eigenvalue weighted by molar-refractivity contribution is -0.121. The SMILES string of the molecule is CC(C)(C)OC(=O)NC(=O)[C@H](Cc1ccncc1)Nc1cc(Cl)ccc1N. The van der Waals surface area contributed by atoms with Gasteiger partial charge >= 0.3 is 6.09 Å². The Balaban J connectivity index is 2.19. The Morgan fingerprint density at radius 3 is 2.52 bits per heavy atom. The number of nitrogens with zero attached hydrogens (tertiary/aromatic N) is 1. The van der Waals surface area contributed by atoms with Crippen LogP contribution in [0.3, 0.4) is 0 Å². The topological polar surface area (TPSA) is 106 Å². The molecule has 0 unspecified atom stereocenters. The van der Waals surface area contributed by atoms with Gasteiger partial charge in [0.1, 0.15) is 11.6 Å². The molecule has 4 N–H and O–H groups in total. The zero-order chi connectivity index (χ0) is 20.0. The normalized spacial score (nSPS) is 12.1. The molecule has 0 spiro atoms. The number of hydrogen-bond donors (Lipinski definition) is 3. The largest absolute Gasteiger partial charge is 0.444 e. The quantitative estimate of drug-likeness (QED) is 0.675. The zero-order valence-electron chi connectivity index (χ0n) is 15.5. The fourth-order valence-electron chi connectivity index (χ4n) is 2.30. The molecule has 7 nitrogen and oxygen atoms in total. The number of aromatic nitrogens is 1. The van der Waals surface area contributed by atoms with Gasteiger partial charge in [0.15, 0.2) is 0 Å². The molecule has 1 atom stereocenters. The number of halogens is 1. The molecule has 1 aromatic carbocycles. The van der Waals surface area contributed by atoms with Crippen molar-refractivity contribution in [2.45, 2.75) is 38.8 Å². The predicted octanol–water partition coefficient (Wildman–Crippen LogP) is 3.39. The van der Waals surface area contributed by atoms with Crippen LogP contribution in [-0.4, -0.2) is 28.6 Å². The van der Waals surface area contributed by atoms with Crippen LogP contribution in [0.5, 0.6) is 0 Å². The third kappa shape index (κ3) is 6.79. The second kappa shape index (κ2) is 8.73. The molecule has 0 saturated heterocycles. The summed E-state index contributed by atoms with van der Waals surface area (Å²) in [5.74, 6) is -0.541. The molecule has 1 heterocycles. The van der Waals surface area contributed by atoms with E-state index >= 15 is 0 Å². The van der Waals surface area contributed by atoms with Crippen molar-refractivity contribution in [3.05, 3.63) is 53.3 Å². The van der Waals surface area contributed by atoms with E-state index in [-0.39, 0.29) is 0 Å². The number of ether oxygens (including phenoxy) is 1.